The van der Waals surface area contributed by atoms with E-state index in [-0.39, 0.29) is 0 Å². The van der Waals surface area contributed by atoms with Crippen LogP contribution in [0.25, 0.3) is 5.65 Å². The van der Waals surface area contributed by atoms with E-state index >= 15 is 0 Å². The lowest BCUT2D eigenvalue weighted by atomic mass is 9.80. The van der Waals surface area contributed by atoms with Crippen LogP contribution in [0, 0.1) is 5.92 Å². The maximum atomic E-state index is 4.29. The molecule has 16 heavy (non-hydrogen) atoms. The minimum absolute atomic E-state index is 0.468. The topological polar surface area (TPSA) is 68.0 Å². The number of anilines is 1. The SMILES string of the molecule is CC(Nc1ccc2nnnn2n1)C1CCC1. The Bertz CT molecular complexity index is 489. The highest BCUT2D eigenvalue weighted by Gasteiger charge is 2.23. The monoisotopic (exact) mass is 218 g/mol. The highest BCUT2D eigenvalue weighted by molar-refractivity contribution is 5.42. The number of rotatable bonds is 3. The van der Waals surface area contributed by atoms with Crippen molar-refractivity contribution in [3.8, 4) is 0 Å². The minimum Gasteiger partial charge on any atom is -0.366 e. The smallest absolute Gasteiger partial charge is 0.200 e. The van der Waals surface area contributed by atoms with Gasteiger partial charge >= 0.3 is 0 Å². The van der Waals surface area contributed by atoms with Crippen LogP contribution in [-0.4, -0.2) is 31.3 Å². The number of tetrazole rings is 1. The molecule has 0 radical (unpaired) electrons. The third kappa shape index (κ3) is 1.60. The summed E-state index contributed by atoms with van der Waals surface area (Å²) in [6.07, 6.45) is 4.00. The second-order valence-corrected chi connectivity index (χ2v) is 4.37. The van der Waals surface area contributed by atoms with E-state index in [0.717, 1.165) is 11.7 Å². The number of fused-ring (bicyclic) bond motifs is 1. The largest absolute Gasteiger partial charge is 0.366 e. The molecule has 0 amide bonds. The van der Waals surface area contributed by atoms with Gasteiger partial charge in [-0.15, -0.1) is 14.8 Å². The van der Waals surface area contributed by atoms with Crippen molar-refractivity contribution in [2.45, 2.75) is 32.2 Å². The van der Waals surface area contributed by atoms with Crippen LogP contribution < -0.4 is 5.32 Å². The van der Waals surface area contributed by atoms with Crippen LogP contribution in [0.5, 0.6) is 0 Å². The molecule has 2 heterocycles. The third-order valence-electron chi connectivity index (χ3n) is 3.30. The molecule has 1 unspecified atom stereocenters. The molecule has 0 spiro atoms. The van der Waals surface area contributed by atoms with Crippen LogP contribution in [0.2, 0.25) is 0 Å². The first-order valence-corrected chi connectivity index (χ1v) is 5.65. The van der Waals surface area contributed by atoms with Crippen LogP contribution in [-0.2, 0) is 0 Å². The second-order valence-electron chi connectivity index (χ2n) is 4.37. The van der Waals surface area contributed by atoms with E-state index in [4.69, 9.17) is 0 Å². The summed E-state index contributed by atoms with van der Waals surface area (Å²) in [5.74, 6) is 1.62. The first-order chi connectivity index (χ1) is 7.83. The molecule has 0 saturated heterocycles. The van der Waals surface area contributed by atoms with Gasteiger partial charge in [-0.3, -0.25) is 0 Å². The fourth-order valence-electron chi connectivity index (χ4n) is 2.02. The Labute approximate surface area is 93.0 Å². The van der Waals surface area contributed by atoms with E-state index < -0.39 is 0 Å². The molecule has 1 atom stereocenters. The van der Waals surface area contributed by atoms with Gasteiger partial charge in [0, 0.05) is 6.04 Å². The number of hydrogen-bond donors (Lipinski definition) is 1. The summed E-state index contributed by atoms with van der Waals surface area (Å²) < 4.78 is 1.44. The van der Waals surface area contributed by atoms with Crippen molar-refractivity contribution in [2.75, 3.05) is 5.32 Å². The Hall–Kier alpha value is -1.72. The molecule has 3 rings (SSSR count). The van der Waals surface area contributed by atoms with Gasteiger partial charge in [0.05, 0.1) is 0 Å². The molecule has 0 aromatic carbocycles. The van der Waals surface area contributed by atoms with E-state index in [2.05, 4.69) is 32.9 Å². The van der Waals surface area contributed by atoms with Crippen molar-refractivity contribution in [3.63, 3.8) is 0 Å². The average molecular weight is 218 g/mol. The van der Waals surface area contributed by atoms with Crippen molar-refractivity contribution in [1.82, 2.24) is 25.3 Å². The van der Waals surface area contributed by atoms with Crippen molar-refractivity contribution >= 4 is 11.5 Å². The predicted octanol–water partition coefficient (Wildman–Crippen LogP) is 1.12. The van der Waals surface area contributed by atoms with E-state index in [1.807, 2.05) is 12.1 Å². The Morgan fingerprint density at radius 2 is 2.31 bits per heavy atom. The summed E-state index contributed by atoms with van der Waals surface area (Å²) in [5, 5.41) is 18.8. The molecule has 1 N–H and O–H groups in total. The standard InChI is InChI=1S/C10H14N6/c1-7(8-3-2-4-8)11-9-5-6-10-12-14-15-16(10)13-9/h5-8H,2-4H2,1H3,(H,11,13). The average Bonchev–Trinajstić information content (AvgIpc) is 2.61. The van der Waals surface area contributed by atoms with Gasteiger partial charge in [-0.05, 0) is 48.2 Å². The summed E-state index contributed by atoms with van der Waals surface area (Å²) in [6, 6.07) is 4.25. The van der Waals surface area contributed by atoms with Crippen LogP contribution in [0.4, 0.5) is 5.82 Å². The molecule has 0 aliphatic heterocycles. The van der Waals surface area contributed by atoms with Crippen molar-refractivity contribution < 1.29 is 0 Å². The van der Waals surface area contributed by atoms with Crippen LogP contribution in [0.1, 0.15) is 26.2 Å². The van der Waals surface area contributed by atoms with Crippen molar-refractivity contribution in [1.29, 1.82) is 0 Å². The molecule has 1 aliphatic rings. The van der Waals surface area contributed by atoms with Crippen LogP contribution in [0.15, 0.2) is 12.1 Å². The van der Waals surface area contributed by atoms with Gasteiger partial charge in [0.1, 0.15) is 5.82 Å². The lowest BCUT2D eigenvalue weighted by Crippen LogP contribution is -2.31. The van der Waals surface area contributed by atoms with E-state index in [9.17, 15) is 0 Å². The number of nitrogens with one attached hydrogen (secondary N) is 1. The van der Waals surface area contributed by atoms with Gasteiger partial charge in [0.2, 0.25) is 0 Å². The number of aromatic nitrogens is 5. The first-order valence-electron chi connectivity index (χ1n) is 5.65. The predicted molar refractivity (Wildman–Crippen MR) is 59.0 cm³/mol. The summed E-state index contributed by atoms with van der Waals surface area (Å²) in [7, 11) is 0. The molecular weight excluding hydrogens is 204 g/mol. The molecule has 6 heteroatoms. The first kappa shape index (κ1) is 9.50. The van der Waals surface area contributed by atoms with Gasteiger partial charge in [-0.1, -0.05) is 6.42 Å². The van der Waals surface area contributed by atoms with Gasteiger partial charge in [-0.25, -0.2) is 0 Å². The number of hydrogen-bond acceptors (Lipinski definition) is 5. The lowest BCUT2D eigenvalue weighted by Gasteiger charge is -2.32. The quantitative estimate of drug-likeness (QED) is 0.836. The van der Waals surface area contributed by atoms with Crippen molar-refractivity contribution in [3.05, 3.63) is 12.1 Å². The molecule has 1 saturated carbocycles. The van der Waals surface area contributed by atoms with Gasteiger partial charge in [-0.2, -0.15) is 0 Å². The molecule has 6 nitrogen and oxygen atoms in total. The fraction of sp³-hybridized carbons (Fsp3) is 0.600. The normalized spacial score (nSPS) is 18.3. The third-order valence-corrected chi connectivity index (χ3v) is 3.30. The van der Waals surface area contributed by atoms with E-state index in [1.54, 1.807) is 0 Å². The van der Waals surface area contributed by atoms with Crippen LogP contribution in [0.3, 0.4) is 0 Å². The Kier molecular flexibility index (Phi) is 2.19. The molecular formula is C10H14N6. The van der Waals surface area contributed by atoms with Gasteiger partial charge in [0.25, 0.3) is 0 Å². The molecule has 2 aromatic heterocycles. The summed E-state index contributed by atoms with van der Waals surface area (Å²) in [4.78, 5) is 0. The lowest BCUT2D eigenvalue weighted by molar-refractivity contribution is 0.284. The summed E-state index contributed by atoms with van der Waals surface area (Å²) in [6.45, 7) is 2.20. The van der Waals surface area contributed by atoms with Crippen molar-refractivity contribution in [2.24, 2.45) is 5.92 Å². The maximum absolute atomic E-state index is 4.29. The molecule has 1 aliphatic carbocycles. The zero-order chi connectivity index (χ0) is 11.0. The molecule has 84 valence electrons. The Morgan fingerprint density at radius 3 is 3.06 bits per heavy atom. The van der Waals surface area contributed by atoms with E-state index in [1.165, 1.54) is 23.9 Å². The highest BCUT2D eigenvalue weighted by Crippen LogP contribution is 2.30. The second kappa shape index (κ2) is 3.70. The molecule has 0 bridgehead atoms. The molecule has 2 aromatic rings. The summed E-state index contributed by atoms with van der Waals surface area (Å²) in [5.41, 5.74) is 0.668. The maximum Gasteiger partial charge on any atom is 0.200 e. The zero-order valence-corrected chi connectivity index (χ0v) is 9.17. The Balaban J connectivity index is 1.77. The molecule has 1 fully saturated rings. The fourth-order valence-corrected chi connectivity index (χ4v) is 2.02. The zero-order valence-electron chi connectivity index (χ0n) is 9.17. The number of nitrogens with zero attached hydrogens (tertiary/aromatic N) is 5. The van der Waals surface area contributed by atoms with Crippen LogP contribution >= 0.6 is 0 Å². The Morgan fingerprint density at radius 1 is 1.44 bits per heavy atom. The highest BCUT2D eigenvalue weighted by atomic mass is 15.6. The summed E-state index contributed by atoms with van der Waals surface area (Å²) >= 11 is 0. The van der Waals surface area contributed by atoms with Gasteiger partial charge < -0.3 is 5.32 Å². The van der Waals surface area contributed by atoms with E-state index in [0.29, 0.717) is 11.7 Å². The minimum atomic E-state index is 0.468. The van der Waals surface area contributed by atoms with Gasteiger partial charge in [0.15, 0.2) is 5.65 Å².